The third kappa shape index (κ3) is 3.09. The number of nitrogens with zero attached hydrogens (tertiary/aromatic N) is 2. The van der Waals surface area contributed by atoms with Gasteiger partial charge in [-0.2, -0.15) is 8.78 Å². The number of rotatable bonds is 5. The zero-order valence-electron chi connectivity index (χ0n) is 12.8. The van der Waals surface area contributed by atoms with Gasteiger partial charge in [-0.25, -0.2) is 13.4 Å². The van der Waals surface area contributed by atoms with E-state index in [0.717, 1.165) is 29.2 Å². The van der Waals surface area contributed by atoms with Gasteiger partial charge in [0.25, 0.3) is 0 Å². The van der Waals surface area contributed by atoms with Crippen LogP contribution in [0.3, 0.4) is 0 Å². The minimum Gasteiger partial charge on any atom is -0.379 e. The smallest absolute Gasteiger partial charge is 0.341 e. The van der Waals surface area contributed by atoms with Crippen LogP contribution in [0, 0.1) is 6.92 Å². The molecule has 0 radical (unpaired) electrons. The summed E-state index contributed by atoms with van der Waals surface area (Å²) < 4.78 is 49.7. The Morgan fingerprint density at radius 3 is 2.50 bits per heavy atom. The second-order valence-corrected chi connectivity index (χ2v) is 7.23. The maximum atomic E-state index is 12.5. The van der Waals surface area contributed by atoms with Gasteiger partial charge in [0.15, 0.2) is 0 Å². The van der Waals surface area contributed by atoms with E-state index in [9.17, 15) is 17.2 Å². The number of nitrogens with one attached hydrogen (secondary N) is 1. The molecule has 0 atom stereocenters. The number of anilines is 1. The molecule has 24 heavy (non-hydrogen) atoms. The summed E-state index contributed by atoms with van der Waals surface area (Å²) in [5, 5.41) is 3.09. The lowest BCUT2D eigenvalue weighted by atomic mass is 10.3. The van der Waals surface area contributed by atoms with Gasteiger partial charge in [0, 0.05) is 17.6 Å². The number of halogens is 2. The van der Waals surface area contributed by atoms with E-state index in [1.165, 1.54) is 12.1 Å². The van der Waals surface area contributed by atoms with Crippen molar-refractivity contribution in [1.82, 2.24) is 9.38 Å². The molecule has 3 rings (SSSR count). The fourth-order valence-corrected chi connectivity index (χ4v) is 3.06. The fourth-order valence-electron chi connectivity index (χ4n) is 2.34. The first-order valence-corrected chi connectivity index (χ1v) is 8.72. The monoisotopic (exact) mass is 351 g/mol. The van der Waals surface area contributed by atoms with Gasteiger partial charge < -0.3 is 9.72 Å². The van der Waals surface area contributed by atoms with Crippen LogP contribution in [0.1, 0.15) is 11.4 Å². The normalized spacial score (nSPS) is 12.0. The van der Waals surface area contributed by atoms with E-state index in [-0.39, 0.29) is 0 Å². The van der Waals surface area contributed by atoms with Crippen LogP contribution in [0.15, 0.2) is 53.6 Å². The number of aromatic nitrogens is 2. The zero-order chi connectivity index (χ0) is 17.3. The highest BCUT2D eigenvalue weighted by atomic mass is 32.2. The van der Waals surface area contributed by atoms with E-state index < -0.39 is 20.5 Å². The van der Waals surface area contributed by atoms with Crippen LogP contribution >= 0.6 is 0 Å². The van der Waals surface area contributed by atoms with Crippen LogP contribution in [0.25, 0.3) is 5.65 Å². The van der Waals surface area contributed by atoms with Crippen LogP contribution in [0.5, 0.6) is 0 Å². The lowest BCUT2D eigenvalue weighted by Crippen LogP contribution is -2.11. The van der Waals surface area contributed by atoms with Crippen molar-refractivity contribution in [2.24, 2.45) is 0 Å². The largest absolute Gasteiger partial charge is 0.379 e. The topological polar surface area (TPSA) is 63.5 Å². The van der Waals surface area contributed by atoms with Crippen LogP contribution in [0.2, 0.25) is 0 Å². The maximum absolute atomic E-state index is 12.5. The predicted molar refractivity (Wildman–Crippen MR) is 86.9 cm³/mol. The summed E-state index contributed by atoms with van der Waals surface area (Å²) in [7, 11) is -4.56. The molecule has 2 heterocycles. The number of fused-ring (bicyclic) bond motifs is 1. The molecule has 0 aliphatic heterocycles. The molecule has 0 fully saturated rings. The van der Waals surface area contributed by atoms with Crippen molar-refractivity contribution in [2.45, 2.75) is 24.1 Å². The quantitative estimate of drug-likeness (QED) is 0.766. The van der Waals surface area contributed by atoms with Gasteiger partial charge in [-0.15, -0.1) is 0 Å². The van der Waals surface area contributed by atoms with Crippen molar-refractivity contribution < 1.29 is 17.2 Å². The Morgan fingerprint density at radius 2 is 1.88 bits per heavy atom. The number of aryl methyl sites for hydroxylation is 1. The number of sulfone groups is 1. The van der Waals surface area contributed by atoms with Crippen LogP contribution in [-0.2, 0) is 16.4 Å². The molecular weight excluding hydrogens is 336 g/mol. The van der Waals surface area contributed by atoms with Crippen molar-refractivity contribution in [3.05, 3.63) is 60.0 Å². The molecule has 0 aliphatic carbocycles. The van der Waals surface area contributed by atoms with Crippen molar-refractivity contribution in [3.8, 4) is 0 Å². The Morgan fingerprint density at radius 1 is 1.17 bits per heavy atom. The third-order valence-corrected chi connectivity index (χ3v) is 5.04. The molecule has 5 nitrogen and oxygen atoms in total. The summed E-state index contributed by atoms with van der Waals surface area (Å²) in [5.41, 5.74) is 3.34. The van der Waals surface area contributed by atoms with Crippen molar-refractivity contribution in [3.63, 3.8) is 0 Å². The van der Waals surface area contributed by atoms with Crippen molar-refractivity contribution in [1.29, 1.82) is 0 Å². The second-order valence-electron chi connectivity index (χ2n) is 5.31. The Hall–Kier alpha value is -2.48. The first-order valence-electron chi connectivity index (χ1n) is 7.17. The second kappa shape index (κ2) is 6.20. The first kappa shape index (κ1) is 16.4. The van der Waals surface area contributed by atoms with E-state index >= 15 is 0 Å². The Kier molecular flexibility index (Phi) is 4.23. The summed E-state index contributed by atoms with van der Waals surface area (Å²) in [6.45, 7) is 2.41. The highest BCUT2D eigenvalue weighted by molar-refractivity contribution is 7.91. The molecule has 8 heteroatoms. The molecule has 0 saturated heterocycles. The molecule has 0 bridgehead atoms. The van der Waals surface area contributed by atoms with Gasteiger partial charge in [0.2, 0.25) is 9.84 Å². The molecule has 0 unspecified atom stereocenters. The highest BCUT2D eigenvalue weighted by Crippen LogP contribution is 2.20. The number of alkyl halides is 2. The standard InChI is InChI=1S/C16H15F2N3O2S/c1-11-3-2-4-15-20-13(10-21(11)15)9-19-12-5-7-14(8-6-12)24(22,23)16(17)18/h2-8,10,16,19H,9H2,1H3. The zero-order valence-corrected chi connectivity index (χ0v) is 13.6. The molecule has 2 aromatic heterocycles. The predicted octanol–water partition coefficient (Wildman–Crippen LogP) is 3.25. The number of imidazole rings is 1. The molecule has 0 aliphatic rings. The molecule has 126 valence electrons. The maximum Gasteiger partial charge on any atom is 0.341 e. The SMILES string of the molecule is Cc1cccc2nc(CNc3ccc(S(=O)(=O)C(F)F)cc3)cn12. The highest BCUT2D eigenvalue weighted by Gasteiger charge is 2.26. The summed E-state index contributed by atoms with van der Waals surface area (Å²) in [5.74, 6) is -3.42. The number of hydrogen-bond donors (Lipinski definition) is 1. The van der Waals surface area contributed by atoms with E-state index in [0.29, 0.717) is 12.2 Å². The Bertz CT molecular complexity index is 967. The summed E-state index contributed by atoms with van der Waals surface area (Å²) in [6.07, 6.45) is 1.91. The van der Waals surface area contributed by atoms with Gasteiger partial charge in [0.05, 0.1) is 17.1 Å². The van der Waals surface area contributed by atoms with Crippen molar-refractivity contribution in [2.75, 3.05) is 5.32 Å². The van der Waals surface area contributed by atoms with E-state index in [1.807, 2.05) is 35.7 Å². The molecule has 1 aromatic carbocycles. The molecule has 0 amide bonds. The van der Waals surface area contributed by atoms with Crippen LogP contribution in [0.4, 0.5) is 14.5 Å². The lowest BCUT2D eigenvalue weighted by Gasteiger charge is -2.06. The van der Waals surface area contributed by atoms with E-state index in [1.54, 1.807) is 0 Å². The minimum atomic E-state index is -4.56. The average Bonchev–Trinajstić information content (AvgIpc) is 2.98. The molecule has 3 aromatic rings. The third-order valence-electron chi connectivity index (χ3n) is 3.64. The Balaban J connectivity index is 1.73. The van der Waals surface area contributed by atoms with Gasteiger partial charge in [-0.05, 0) is 43.3 Å². The van der Waals surface area contributed by atoms with Crippen LogP contribution < -0.4 is 5.32 Å². The Labute approximate surface area is 137 Å². The average molecular weight is 351 g/mol. The van der Waals surface area contributed by atoms with Crippen molar-refractivity contribution >= 4 is 21.2 Å². The van der Waals surface area contributed by atoms with Gasteiger partial charge in [-0.3, -0.25) is 0 Å². The molecule has 0 spiro atoms. The summed E-state index contributed by atoms with van der Waals surface area (Å²) in [6, 6.07) is 11.0. The molecular formula is C16H15F2N3O2S. The van der Waals surface area contributed by atoms with Crippen LogP contribution in [-0.4, -0.2) is 23.6 Å². The van der Waals surface area contributed by atoms with Gasteiger partial charge in [0.1, 0.15) is 5.65 Å². The lowest BCUT2D eigenvalue weighted by molar-refractivity contribution is 0.234. The molecule has 1 N–H and O–H groups in total. The van der Waals surface area contributed by atoms with Gasteiger partial charge in [-0.1, -0.05) is 6.07 Å². The van der Waals surface area contributed by atoms with Gasteiger partial charge >= 0.3 is 5.76 Å². The minimum absolute atomic E-state index is 0.397. The first-order chi connectivity index (χ1) is 11.4. The summed E-state index contributed by atoms with van der Waals surface area (Å²) >= 11 is 0. The number of benzene rings is 1. The molecule has 0 saturated carbocycles. The number of hydrogen-bond acceptors (Lipinski definition) is 4. The fraction of sp³-hybridized carbons (Fsp3) is 0.188. The van der Waals surface area contributed by atoms with E-state index in [2.05, 4.69) is 10.3 Å². The summed E-state index contributed by atoms with van der Waals surface area (Å²) in [4.78, 5) is 4.08. The number of pyridine rings is 1. The van der Waals surface area contributed by atoms with E-state index in [4.69, 9.17) is 0 Å².